The predicted molar refractivity (Wildman–Crippen MR) is 163 cm³/mol. The van der Waals surface area contributed by atoms with E-state index in [-0.39, 0.29) is 49.1 Å². The zero-order valence-electron chi connectivity index (χ0n) is 26.6. The summed E-state index contributed by atoms with van der Waals surface area (Å²) in [4.78, 5) is 0. The predicted octanol–water partition coefficient (Wildman–Crippen LogP) is -2.23. The first-order valence-electron chi connectivity index (χ1n) is 15.5. The monoisotopic (exact) mass is 686 g/mol. The van der Waals surface area contributed by atoms with Crippen molar-refractivity contribution in [2.75, 3.05) is 40.6 Å². The van der Waals surface area contributed by atoms with E-state index in [1.807, 2.05) is 0 Å². The lowest BCUT2D eigenvalue weighted by atomic mass is 9.83. The van der Waals surface area contributed by atoms with Crippen LogP contribution in [0.1, 0.15) is 11.1 Å². The molecule has 0 saturated carbocycles. The fourth-order valence-corrected chi connectivity index (χ4v) is 5.87. The fraction of sp³-hybridized carbons (Fsp3) is 0.625. The number of hydrogen-bond donors (Lipinski definition) is 10. The van der Waals surface area contributed by atoms with Gasteiger partial charge >= 0.3 is 0 Å². The van der Waals surface area contributed by atoms with Gasteiger partial charge in [0.15, 0.2) is 35.6 Å². The van der Waals surface area contributed by atoms with Crippen LogP contribution < -0.4 is 9.47 Å². The van der Waals surface area contributed by atoms with Gasteiger partial charge in [-0.25, -0.2) is 0 Å². The number of ether oxygens (including phenoxy) is 6. The van der Waals surface area contributed by atoms with Crippen molar-refractivity contribution in [1.29, 1.82) is 0 Å². The molecule has 270 valence electrons. The summed E-state index contributed by atoms with van der Waals surface area (Å²) in [7, 11) is 2.79. The third kappa shape index (κ3) is 8.84. The maximum atomic E-state index is 10.6. The van der Waals surface area contributed by atoms with E-state index in [9.17, 15) is 51.1 Å². The van der Waals surface area contributed by atoms with Crippen molar-refractivity contribution in [2.24, 2.45) is 11.8 Å². The Morgan fingerprint density at radius 2 is 0.958 bits per heavy atom. The van der Waals surface area contributed by atoms with Crippen LogP contribution in [0.4, 0.5) is 0 Å². The van der Waals surface area contributed by atoms with Crippen LogP contribution in [0.3, 0.4) is 0 Å². The van der Waals surface area contributed by atoms with Crippen LogP contribution in [0, 0.1) is 11.8 Å². The number of methoxy groups -OCH3 is 2. The summed E-state index contributed by atoms with van der Waals surface area (Å²) < 4.78 is 33.6. The lowest BCUT2D eigenvalue weighted by Gasteiger charge is -2.41. The number of aliphatic hydroxyl groups excluding tert-OH is 8. The van der Waals surface area contributed by atoms with E-state index >= 15 is 0 Å². The van der Waals surface area contributed by atoms with Crippen LogP contribution in [0.15, 0.2) is 36.4 Å². The molecule has 16 heteroatoms. The minimum absolute atomic E-state index is 0.0888. The number of phenolic OH excluding ortho intramolecular Hbond substituents is 2. The van der Waals surface area contributed by atoms with Crippen molar-refractivity contribution in [3.05, 3.63) is 47.5 Å². The van der Waals surface area contributed by atoms with E-state index in [4.69, 9.17) is 28.4 Å². The summed E-state index contributed by atoms with van der Waals surface area (Å²) in [6.07, 6.45) is -14.7. The molecule has 0 aromatic heterocycles. The minimum atomic E-state index is -1.67. The second kappa shape index (κ2) is 17.2. The molecule has 12 atom stereocenters. The highest BCUT2D eigenvalue weighted by molar-refractivity contribution is 5.43. The molecule has 4 rings (SSSR count). The van der Waals surface area contributed by atoms with Crippen LogP contribution in [-0.4, -0.2) is 153 Å². The van der Waals surface area contributed by atoms with E-state index in [1.54, 1.807) is 24.3 Å². The summed E-state index contributed by atoms with van der Waals surface area (Å²) >= 11 is 0. The van der Waals surface area contributed by atoms with E-state index in [1.165, 1.54) is 26.4 Å². The molecule has 0 radical (unpaired) electrons. The smallest absolute Gasteiger partial charge is 0.186 e. The van der Waals surface area contributed by atoms with Gasteiger partial charge in [0, 0.05) is 0 Å². The van der Waals surface area contributed by atoms with Gasteiger partial charge in [-0.1, -0.05) is 12.1 Å². The summed E-state index contributed by atoms with van der Waals surface area (Å²) in [5.74, 6) is -0.854. The highest BCUT2D eigenvalue weighted by Gasteiger charge is 2.46. The number of aliphatic hydroxyl groups is 8. The van der Waals surface area contributed by atoms with E-state index in [2.05, 4.69) is 0 Å². The maximum absolute atomic E-state index is 10.6. The second-order valence-electron chi connectivity index (χ2n) is 12.0. The molecular formula is C32H46O16. The van der Waals surface area contributed by atoms with Crippen molar-refractivity contribution in [3.63, 3.8) is 0 Å². The first kappa shape index (κ1) is 38.0. The normalized spacial score (nSPS) is 32.0. The summed E-state index contributed by atoms with van der Waals surface area (Å²) in [5.41, 5.74) is 1.38. The summed E-state index contributed by atoms with van der Waals surface area (Å²) in [5, 5.41) is 102. The highest BCUT2D eigenvalue weighted by atomic mass is 16.7. The van der Waals surface area contributed by atoms with Crippen molar-refractivity contribution < 1.29 is 79.5 Å². The largest absolute Gasteiger partial charge is 0.504 e. The number of rotatable bonds is 15. The Balaban J connectivity index is 1.66. The maximum Gasteiger partial charge on any atom is 0.186 e. The molecule has 0 bridgehead atoms. The Labute approximate surface area is 276 Å². The minimum Gasteiger partial charge on any atom is -0.504 e. The number of aromatic hydroxyl groups is 2. The van der Waals surface area contributed by atoms with Crippen molar-refractivity contribution in [3.8, 4) is 23.0 Å². The van der Waals surface area contributed by atoms with Gasteiger partial charge < -0.3 is 79.5 Å². The molecule has 16 nitrogen and oxygen atoms in total. The molecule has 0 aliphatic carbocycles. The van der Waals surface area contributed by atoms with Gasteiger partial charge in [0.05, 0.1) is 40.6 Å². The molecule has 48 heavy (non-hydrogen) atoms. The Morgan fingerprint density at radius 3 is 1.29 bits per heavy atom. The molecule has 2 saturated heterocycles. The average molecular weight is 687 g/mol. The topological polar surface area (TPSA) is 258 Å². The molecule has 0 amide bonds. The van der Waals surface area contributed by atoms with Gasteiger partial charge in [0.25, 0.3) is 0 Å². The lowest BCUT2D eigenvalue weighted by molar-refractivity contribution is -0.308. The van der Waals surface area contributed by atoms with Crippen LogP contribution in [0.5, 0.6) is 23.0 Å². The number of benzene rings is 2. The molecule has 2 aliphatic heterocycles. The van der Waals surface area contributed by atoms with E-state index in [0.29, 0.717) is 11.1 Å². The third-order valence-corrected chi connectivity index (χ3v) is 8.80. The highest BCUT2D eigenvalue weighted by Crippen LogP contribution is 2.34. The molecule has 12 unspecified atom stereocenters. The molecule has 2 aromatic carbocycles. The van der Waals surface area contributed by atoms with Crippen LogP contribution in [0.2, 0.25) is 0 Å². The Kier molecular flexibility index (Phi) is 13.6. The zero-order chi connectivity index (χ0) is 35.1. The molecule has 2 fully saturated rings. The molecule has 2 heterocycles. The SMILES string of the molecule is COc1cc(CC(COC2OC(CO)C(O)C(O)C2O)C(COC2OC(CO)C(O)C(O)C2O)Cc2ccc(O)c(OC)c2)ccc1O. The van der Waals surface area contributed by atoms with Crippen LogP contribution >= 0.6 is 0 Å². The van der Waals surface area contributed by atoms with Gasteiger partial charge in [-0.2, -0.15) is 0 Å². The van der Waals surface area contributed by atoms with Gasteiger partial charge in [-0.05, 0) is 60.1 Å². The quantitative estimate of drug-likeness (QED) is 0.0951. The molecule has 2 aliphatic rings. The van der Waals surface area contributed by atoms with Crippen molar-refractivity contribution in [2.45, 2.75) is 74.3 Å². The first-order chi connectivity index (χ1) is 22.9. The fourth-order valence-electron chi connectivity index (χ4n) is 5.87. The second-order valence-corrected chi connectivity index (χ2v) is 12.0. The van der Waals surface area contributed by atoms with Gasteiger partial charge in [-0.15, -0.1) is 0 Å². The van der Waals surface area contributed by atoms with Crippen LogP contribution in [0.25, 0.3) is 0 Å². The average Bonchev–Trinajstić information content (AvgIpc) is 3.09. The third-order valence-electron chi connectivity index (χ3n) is 8.80. The molecule has 0 spiro atoms. The Bertz CT molecular complexity index is 1200. The number of hydrogen-bond acceptors (Lipinski definition) is 16. The van der Waals surface area contributed by atoms with Gasteiger partial charge in [-0.3, -0.25) is 0 Å². The Hall–Kier alpha value is -2.84. The summed E-state index contributed by atoms with van der Waals surface area (Å²) in [6.45, 7) is -1.63. The van der Waals surface area contributed by atoms with Crippen molar-refractivity contribution >= 4 is 0 Å². The summed E-state index contributed by atoms with van der Waals surface area (Å²) in [6, 6.07) is 9.47. The molecule has 2 aromatic rings. The van der Waals surface area contributed by atoms with Crippen molar-refractivity contribution in [1.82, 2.24) is 0 Å². The Morgan fingerprint density at radius 1 is 0.583 bits per heavy atom. The lowest BCUT2D eigenvalue weighted by Crippen LogP contribution is -2.59. The first-order valence-corrected chi connectivity index (χ1v) is 15.5. The molecular weight excluding hydrogens is 640 g/mol. The van der Waals surface area contributed by atoms with E-state index in [0.717, 1.165) is 0 Å². The van der Waals surface area contributed by atoms with Gasteiger partial charge in [0.2, 0.25) is 0 Å². The number of phenols is 2. The van der Waals surface area contributed by atoms with Crippen LogP contribution in [-0.2, 0) is 31.8 Å². The molecule has 10 N–H and O–H groups in total. The zero-order valence-corrected chi connectivity index (χ0v) is 26.6. The standard InChI is InChI=1S/C32H46O16/c1-43-21-9-15(3-5-19(21)35)7-17(13-45-31-29(41)27(39)25(37)23(11-33)47-31)18(8-16-4-6-20(36)22(10-16)44-2)14-46-32-30(42)28(40)26(38)24(12-34)48-32/h3-6,9-10,17-18,23-42H,7-8,11-14H2,1-2H3. The van der Waals surface area contributed by atoms with E-state index < -0.39 is 86.5 Å². The van der Waals surface area contributed by atoms with Gasteiger partial charge in [0.1, 0.15) is 48.8 Å².